The van der Waals surface area contributed by atoms with Crippen LogP contribution in [0.4, 0.5) is 0 Å². The first kappa shape index (κ1) is 14.9. The monoisotopic (exact) mass is 252 g/mol. The molecular formula is C13H24N4O. The number of piperazine rings is 1. The minimum Gasteiger partial charge on any atom is -0.349 e. The van der Waals surface area contributed by atoms with Gasteiger partial charge in [0, 0.05) is 46.7 Å². The summed E-state index contributed by atoms with van der Waals surface area (Å²) in [6.07, 6.45) is 1.55. The molecule has 102 valence electrons. The lowest BCUT2D eigenvalue weighted by Crippen LogP contribution is -2.49. The van der Waals surface area contributed by atoms with Crippen molar-refractivity contribution in [2.45, 2.75) is 25.8 Å². The summed E-state index contributed by atoms with van der Waals surface area (Å²) in [5.74, 6) is 0.201. The Bertz CT molecular complexity index is 303. The van der Waals surface area contributed by atoms with Gasteiger partial charge < -0.3 is 9.80 Å². The summed E-state index contributed by atoms with van der Waals surface area (Å²) >= 11 is 0. The van der Waals surface area contributed by atoms with Gasteiger partial charge in [-0.1, -0.05) is 0 Å². The molecule has 5 nitrogen and oxygen atoms in total. The van der Waals surface area contributed by atoms with Crippen molar-refractivity contribution in [2.24, 2.45) is 0 Å². The molecule has 1 saturated heterocycles. The predicted molar refractivity (Wildman–Crippen MR) is 71.0 cm³/mol. The van der Waals surface area contributed by atoms with Crippen LogP contribution in [0.15, 0.2) is 0 Å². The summed E-state index contributed by atoms with van der Waals surface area (Å²) < 4.78 is 0. The van der Waals surface area contributed by atoms with Crippen LogP contribution < -0.4 is 0 Å². The Hall–Kier alpha value is -1.12. The maximum atomic E-state index is 11.4. The molecule has 18 heavy (non-hydrogen) atoms. The maximum Gasteiger partial charge on any atom is 0.222 e. The molecule has 1 heterocycles. The first-order chi connectivity index (χ1) is 8.54. The molecule has 1 atom stereocenters. The number of rotatable bonds is 5. The zero-order chi connectivity index (χ0) is 13.5. The molecule has 1 aliphatic heterocycles. The van der Waals surface area contributed by atoms with Gasteiger partial charge in [-0.3, -0.25) is 9.69 Å². The smallest absolute Gasteiger partial charge is 0.222 e. The standard InChI is InChI=1S/C13H24N4O/c1-12(11-14)17-9-7-16(8-10-17)6-4-5-13(18)15(2)3/h12H,4-10H2,1-3H3. The average Bonchev–Trinajstić information content (AvgIpc) is 2.38. The van der Waals surface area contributed by atoms with Crippen LogP contribution in [-0.4, -0.2) is 73.5 Å². The van der Waals surface area contributed by atoms with E-state index in [-0.39, 0.29) is 11.9 Å². The fraction of sp³-hybridized carbons (Fsp3) is 0.846. The van der Waals surface area contributed by atoms with Crippen molar-refractivity contribution >= 4 is 5.91 Å². The van der Waals surface area contributed by atoms with E-state index in [0.717, 1.165) is 39.1 Å². The fourth-order valence-electron chi connectivity index (χ4n) is 2.13. The molecule has 0 radical (unpaired) electrons. The van der Waals surface area contributed by atoms with Gasteiger partial charge in [-0.15, -0.1) is 0 Å². The lowest BCUT2D eigenvalue weighted by molar-refractivity contribution is -0.128. The topological polar surface area (TPSA) is 50.6 Å². The van der Waals surface area contributed by atoms with E-state index in [0.29, 0.717) is 6.42 Å². The summed E-state index contributed by atoms with van der Waals surface area (Å²) in [6, 6.07) is 2.29. The molecule has 0 aromatic rings. The molecule has 5 heteroatoms. The Morgan fingerprint density at radius 1 is 1.33 bits per heavy atom. The van der Waals surface area contributed by atoms with Crippen LogP contribution in [0.5, 0.6) is 0 Å². The van der Waals surface area contributed by atoms with Crippen LogP contribution in [0.1, 0.15) is 19.8 Å². The lowest BCUT2D eigenvalue weighted by atomic mass is 10.2. The Kier molecular flexibility index (Phi) is 6.10. The lowest BCUT2D eigenvalue weighted by Gasteiger charge is -2.35. The normalized spacial score (nSPS) is 19.2. The highest BCUT2D eigenvalue weighted by Crippen LogP contribution is 2.07. The number of carbonyl (C=O) groups excluding carboxylic acids is 1. The number of hydrogen-bond acceptors (Lipinski definition) is 4. The Balaban J connectivity index is 2.17. The maximum absolute atomic E-state index is 11.4. The minimum atomic E-state index is 0.0162. The first-order valence-corrected chi connectivity index (χ1v) is 6.60. The zero-order valence-electron chi connectivity index (χ0n) is 11.7. The highest BCUT2D eigenvalue weighted by atomic mass is 16.2. The highest BCUT2D eigenvalue weighted by molar-refractivity contribution is 5.75. The van der Waals surface area contributed by atoms with E-state index in [2.05, 4.69) is 15.9 Å². The number of amides is 1. The van der Waals surface area contributed by atoms with Crippen molar-refractivity contribution in [1.29, 1.82) is 5.26 Å². The number of nitriles is 1. The molecule has 1 rings (SSSR count). The second kappa shape index (κ2) is 7.34. The number of nitrogens with zero attached hydrogens (tertiary/aromatic N) is 4. The third-order valence-electron chi connectivity index (χ3n) is 3.51. The predicted octanol–water partition coefficient (Wildman–Crippen LogP) is 0.384. The molecule has 0 spiro atoms. The average molecular weight is 252 g/mol. The number of carbonyl (C=O) groups is 1. The third kappa shape index (κ3) is 4.63. The highest BCUT2D eigenvalue weighted by Gasteiger charge is 2.20. The molecule has 0 N–H and O–H groups in total. The van der Waals surface area contributed by atoms with E-state index in [9.17, 15) is 4.79 Å². The number of hydrogen-bond donors (Lipinski definition) is 0. The van der Waals surface area contributed by atoms with E-state index in [1.165, 1.54) is 0 Å². The van der Waals surface area contributed by atoms with Gasteiger partial charge in [-0.05, 0) is 19.9 Å². The molecule has 0 aromatic heterocycles. The quantitative estimate of drug-likeness (QED) is 0.710. The minimum absolute atomic E-state index is 0.0162. The van der Waals surface area contributed by atoms with Gasteiger partial charge >= 0.3 is 0 Å². The summed E-state index contributed by atoms with van der Waals surface area (Å²) in [7, 11) is 3.59. The summed E-state index contributed by atoms with van der Waals surface area (Å²) in [5, 5.41) is 8.86. The van der Waals surface area contributed by atoms with E-state index in [4.69, 9.17) is 5.26 Å². The van der Waals surface area contributed by atoms with Gasteiger partial charge in [0.2, 0.25) is 5.91 Å². The summed E-state index contributed by atoms with van der Waals surface area (Å²) in [5.41, 5.74) is 0. The second-order valence-electron chi connectivity index (χ2n) is 5.07. The van der Waals surface area contributed by atoms with E-state index in [1.807, 2.05) is 6.92 Å². The molecule has 0 saturated carbocycles. The molecule has 0 aliphatic carbocycles. The van der Waals surface area contributed by atoms with Gasteiger partial charge in [-0.2, -0.15) is 5.26 Å². The van der Waals surface area contributed by atoms with Crippen molar-refractivity contribution in [3.8, 4) is 6.07 Å². The van der Waals surface area contributed by atoms with Crippen molar-refractivity contribution < 1.29 is 4.79 Å². The van der Waals surface area contributed by atoms with Gasteiger partial charge in [-0.25, -0.2) is 0 Å². The van der Waals surface area contributed by atoms with E-state index < -0.39 is 0 Å². The van der Waals surface area contributed by atoms with E-state index >= 15 is 0 Å². The van der Waals surface area contributed by atoms with Gasteiger partial charge in [0.25, 0.3) is 0 Å². The van der Waals surface area contributed by atoms with Gasteiger partial charge in [0.05, 0.1) is 12.1 Å². The molecule has 1 aliphatic rings. The summed E-state index contributed by atoms with van der Waals surface area (Å²) in [6.45, 7) is 6.84. The largest absolute Gasteiger partial charge is 0.349 e. The van der Waals surface area contributed by atoms with Crippen LogP contribution in [0.2, 0.25) is 0 Å². The summed E-state index contributed by atoms with van der Waals surface area (Å²) in [4.78, 5) is 17.7. The Morgan fingerprint density at radius 3 is 2.44 bits per heavy atom. The zero-order valence-corrected chi connectivity index (χ0v) is 11.7. The van der Waals surface area contributed by atoms with Gasteiger partial charge in [0.15, 0.2) is 0 Å². The van der Waals surface area contributed by atoms with Crippen molar-refractivity contribution in [1.82, 2.24) is 14.7 Å². The molecule has 1 amide bonds. The van der Waals surface area contributed by atoms with Crippen LogP contribution in [0.25, 0.3) is 0 Å². The van der Waals surface area contributed by atoms with E-state index in [1.54, 1.807) is 19.0 Å². The van der Waals surface area contributed by atoms with Crippen LogP contribution in [0, 0.1) is 11.3 Å². The SMILES string of the molecule is CC(C#N)N1CCN(CCCC(=O)N(C)C)CC1. The van der Waals surface area contributed by atoms with Crippen molar-refractivity contribution in [2.75, 3.05) is 46.8 Å². The fourth-order valence-corrected chi connectivity index (χ4v) is 2.13. The Morgan fingerprint density at radius 2 is 1.94 bits per heavy atom. The molecule has 1 fully saturated rings. The third-order valence-corrected chi connectivity index (χ3v) is 3.51. The molecular weight excluding hydrogens is 228 g/mol. The van der Waals surface area contributed by atoms with Crippen LogP contribution in [-0.2, 0) is 4.79 Å². The van der Waals surface area contributed by atoms with Crippen LogP contribution >= 0.6 is 0 Å². The first-order valence-electron chi connectivity index (χ1n) is 6.60. The van der Waals surface area contributed by atoms with Gasteiger partial charge in [0.1, 0.15) is 0 Å². The Labute approximate surface area is 110 Å². The van der Waals surface area contributed by atoms with Crippen molar-refractivity contribution in [3.05, 3.63) is 0 Å². The second-order valence-corrected chi connectivity index (χ2v) is 5.07. The molecule has 0 aromatic carbocycles. The van der Waals surface area contributed by atoms with Crippen LogP contribution in [0.3, 0.4) is 0 Å². The van der Waals surface area contributed by atoms with Crippen molar-refractivity contribution in [3.63, 3.8) is 0 Å². The molecule has 0 bridgehead atoms. The molecule has 1 unspecified atom stereocenters.